The molecule has 0 saturated heterocycles. The molecule has 0 radical (unpaired) electrons. The van der Waals surface area contributed by atoms with Gasteiger partial charge in [-0.3, -0.25) is 14.4 Å². The Morgan fingerprint density at radius 2 is 0.860 bits per heavy atom. The van der Waals surface area contributed by atoms with Gasteiger partial charge in [-0.1, -0.05) is 147 Å². The standard InChI is InChI=1S/C23H40O4.C21H38O2/c1-4-5-6-11-14-22(27-19(2)24)18-21-17-16-20(21)13-10-8-7-9-12-15-23(25)26-3;1-3-4-5-6-8-11-14-19-17-18-20(19)15-12-9-7-10-13-16-21(22)23-2/h16-17,20-22H,4-15,18H2,1-3H3;17-20H,3-16H2,1-2H3. The molecule has 6 heteroatoms. The number of hydrogen-bond acceptors (Lipinski definition) is 6. The van der Waals surface area contributed by atoms with Crippen LogP contribution in [0.3, 0.4) is 0 Å². The maximum Gasteiger partial charge on any atom is 0.305 e. The van der Waals surface area contributed by atoms with Crippen molar-refractivity contribution >= 4 is 17.9 Å². The number of hydrogen-bond donors (Lipinski definition) is 0. The van der Waals surface area contributed by atoms with E-state index in [1.807, 2.05) is 0 Å². The molecule has 0 bridgehead atoms. The minimum atomic E-state index is -0.151. The van der Waals surface area contributed by atoms with Crippen molar-refractivity contribution in [1.29, 1.82) is 0 Å². The smallest absolute Gasteiger partial charge is 0.305 e. The van der Waals surface area contributed by atoms with Crippen molar-refractivity contribution in [2.45, 2.75) is 200 Å². The number of unbranched alkanes of at least 4 members (excludes halogenated alkanes) is 16. The summed E-state index contributed by atoms with van der Waals surface area (Å²) in [6, 6.07) is 0. The van der Waals surface area contributed by atoms with Gasteiger partial charge in [0.05, 0.1) is 14.2 Å². The molecular formula is C44H78O6. The van der Waals surface area contributed by atoms with Crippen molar-refractivity contribution in [3.05, 3.63) is 24.3 Å². The number of allylic oxidation sites excluding steroid dienone is 4. The van der Waals surface area contributed by atoms with E-state index in [1.165, 1.54) is 137 Å². The lowest BCUT2D eigenvalue weighted by Crippen LogP contribution is -2.27. The molecule has 5 unspecified atom stereocenters. The summed E-state index contributed by atoms with van der Waals surface area (Å²) in [5.74, 6) is 2.63. The monoisotopic (exact) mass is 703 g/mol. The van der Waals surface area contributed by atoms with Crippen molar-refractivity contribution < 1.29 is 28.6 Å². The highest BCUT2D eigenvalue weighted by Crippen LogP contribution is 2.36. The lowest BCUT2D eigenvalue weighted by molar-refractivity contribution is -0.147. The highest BCUT2D eigenvalue weighted by Gasteiger charge is 2.28. The van der Waals surface area contributed by atoms with Crippen LogP contribution in [0.1, 0.15) is 194 Å². The summed E-state index contributed by atoms with van der Waals surface area (Å²) < 4.78 is 14.9. The molecular weight excluding hydrogens is 624 g/mol. The summed E-state index contributed by atoms with van der Waals surface area (Å²) >= 11 is 0. The van der Waals surface area contributed by atoms with Gasteiger partial charge in [0.15, 0.2) is 0 Å². The van der Waals surface area contributed by atoms with Gasteiger partial charge in [-0.25, -0.2) is 0 Å². The van der Waals surface area contributed by atoms with Crippen LogP contribution in [-0.4, -0.2) is 38.2 Å². The molecule has 5 atom stereocenters. The second-order valence-corrected chi connectivity index (χ2v) is 15.1. The zero-order valence-electron chi connectivity index (χ0n) is 33.2. The summed E-state index contributed by atoms with van der Waals surface area (Å²) in [5.41, 5.74) is 0. The molecule has 2 rings (SSSR count). The number of esters is 3. The molecule has 0 aromatic rings. The number of rotatable bonds is 31. The fourth-order valence-corrected chi connectivity index (χ4v) is 7.32. The lowest BCUT2D eigenvalue weighted by atomic mass is 9.75. The first-order valence-electron chi connectivity index (χ1n) is 21.0. The largest absolute Gasteiger partial charge is 0.469 e. The van der Waals surface area contributed by atoms with Gasteiger partial charge in [-0.05, 0) is 75.0 Å². The Morgan fingerprint density at radius 3 is 1.24 bits per heavy atom. The van der Waals surface area contributed by atoms with E-state index in [-0.39, 0.29) is 24.0 Å². The number of ether oxygens (including phenoxy) is 3. The molecule has 290 valence electrons. The summed E-state index contributed by atoms with van der Waals surface area (Å²) in [6.07, 6.45) is 41.7. The van der Waals surface area contributed by atoms with E-state index in [1.54, 1.807) is 0 Å². The molecule has 0 fully saturated rings. The molecule has 0 amide bonds. The molecule has 6 nitrogen and oxygen atoms in total. The molecule has 0 aliphatic heterocycles. The SMILES string of the molecule is CCCCCCC(CC1C=CC1CCCCCCCC(=O)OC)OC(C)=O.CCCCCCCCC1C=CC1CCCCCCCC(=O)OC. The average Bonchev–Trinajstić information content (AvgIpc) is 3.09. The van der Waals surface area contributed by atoms with Crippen molar-refractivity contribution in [2.24, 2.45) is 23.7 Å². The predicted octanol–water partition coefficient (Wildman–Crippen LogP) is 12.4. The Bertz CT molecular complexity index is 910. The van der Waals surface area contributed by atoms with E-state index in [4.69, 9.17) is 4.74 Å². The Balaban J connectivity index is 0.000000506. The van der Waals surface area contributed by atoms with Gasteiger partial charge in [0.1, 0.15) is 6.10 Å². The van der Waals surface area contributed by atoms with Crippen LogP contribution < -0.4 is 0 Å². The summed E-state index contributed by atoms with van der Waals surface area (Å²) in [4.78, 5) is 33.5. The van der Waals surface area contributed by atoms with Crippen molar-refractivity contribution in [3.63, 3.8) is 0 Å². The van der Waals surface area contributed by atoms with Gasteiger partial charge < -0.3 is 14.2 Å². The van der Waals surface area contributed by atoms with E-state index >= 15 is 0 Å². The average molecular weight is 703 g/mol. The zero-order valence-corrected chi connectivity index (χ0v) is 33.2. The van der Waals surface area contributed by atoms with Gasteiger partial charge in [0.2, 0.25) is 0 Å². The van der Waals surface area contributed by atoms with Crippen LogP contribution in [-0.2, 0) is 28.6 Å². The zero-order chi connectivity index (χ0) is 36.7. The van der Waals surface area contributed by atoms with Crippen molar-refractivity contribution in [1.82, 2.24) is 0 Å². The van der Waals surface area contributed by atoms with Gasteiger partial charge >= 0.3 is 17.9 Å². The number of carbonyl (C=O) groups is 3. The quantitative estimate of drug-likeness (QED) is 0.0310. The molecule has 0 aromatic heterocycles. The van der Waals surface area contributed by atoms with E-state index in [9.17, 15) is 14.4 Å². The third-order valence-corrected chi connectivity index (χ3v) is 10.7. The Kier molecular flexibility index (Phi) is 29.0. The maximum atomic E-state index is 11.4. The number of methoxy groups -OCH3 is 2. The van der Waals surface area contributed by atoms with E-state index in [0.717, 1.165) is 56.8 Å². The Hall–Kier alpha value is -2.11. The van der Waals surface area contributed by atoms with Crippen molar-refractivity contribution in [2.75, 3.05) is 14.2 Å². The Labute approximate surface area is 308 Å². The third-order valence-electron chi connectivity index (χ3n) is 10.7. The highest BCUT2D eigenvalue weighted by atomic mass is 16.5. The van der Waals surface area contributed by atoms with Crippen LogP contribution in [0.5, 0.6) is 0 Å². The molecule has 0 aromatic carbocycles. The van der Waals surface area contributed by atoms with Crippen LogP contribution in [0.25, 0.3) is 0 Å². The van der Waals surface area contributed by atoms with Gasteiger partial charge in [-0.15, -0.1) is 0 Å². The van der Waals surface area contributed by atoms with Crippen LogP contribution in [0, 0.1) is 23.7 Å². The van der Waals surface area contributed by atoms with Crippen LogP contribution in [0.2, 0.25) is 0 Å². The first-order valence-corrected chi connectivity index (χ1v) is 21.0. The molecule has 2 aliphatic carbocycles. The third kappa shape index (κ3) is 24.1. The molecule has 0 N–H and O–H groups in total. The normalized spacial score (nSPS) is 19.5. The molecule has 50 heavy (non-hydrogen) atoms. The minimum Gasteiger partial charge on any atom is -0.469 e. The first-order chi connectivity index (χ1) is 24.3. The molecule has 2 aliphatic rings. The molecule has 0 saturated carbocycles. The highest BCUT2D eigenvalue weighted by molar-refractivity contribution is 5.69. The van der Waals surface area contributed by atoms with E-state index in [2.05, 4.69) is 47.6 Å². The maximum absolute atomic E-state index is 11.4. The van der Waals surface area contributed by atoms with E-state index < -0.39 is 0 Å². The van der Waals surface area contributed by atoms with Gasteiger partial charge in [0, 0.05) is 19.8 Å². The Morgan fingerprint density at radius 1 is 0.500 bits per heavy atom. The summed E-state index contributed by atoms with van der Waals surface area (Å²) in [5, 5.41) is 0. The first kappa shape index (κ1) is 45.9. The lowest BCUT2D eigenvalue weighted by Gasteiger charge is -2.32. The fraction of sp³-hybridized carbons (Fsp3) is 0.841. The van der Waals surface area contributed by atoms with Crippen LogP contribution in [0.4, 0.5) is 0 Å². The molecule has 0 spiro atoms. The summed E-state index contributed by atoms with van der Waals surface area (Å²) in [7, 11) is 2.91. The molecule has 0 heterocycles. The predicted molar refractivity (Wildman–Crippen MR) is 208 cm³/mol. The van der Waals surface area contributed by atoms with E-state index in [0.29, 0.717) is 24.7 Å². The van der Waals surface area contributed by atoms with Crippen LogP contribution >= 0.6 is 0 Å². The fourth-order valence-electron chi connectivity index (χ4n) is 7.32. The summed E-state index contributed by atoms with van der Waals surface area (Å²) in [6.45, 7) is 6.02. The minimum absolute atomic E-state index is 0.0675. The van der Waals surface area contributed by atoms with Crippen molar-refractivity contribution in [3.8, 4) is 0 Å². The number of carbonyl (C=O) groups excluding carboxylic acids is 3. The topological polar surface area (TPSA) is 78.9 Å². The van der Waals surface area contributed by atoms with Gasteiger partial charge in [0.25, 0.3) is 0 Å². The van der Waals surface area contributed by atoms with Gasteiger partial charge in [-0.2, -0.15) is 0 Å². The second-order valence-electron chi connectivity index (χ2n) is 15.1. The van der Waals surface area contributed by atoms with Crippen LogP contribution in [0.15, 0.2) is 24.3 Å². The second kappa shape index (κ2) is 31.6.